The number of fused-ring (bicyclic) bond motifs is 1. The largest absolute Gasteiger partial charge is 0.493 e. The molecule has 0 unspecified atom stereocenters. The van der Waals surface area contributed by atoms with Crippen LogP contribution in [0.1, 0.15) is 31.7 Å². The summed E-state index contributed by atoms with van der Waals surface area (Å²) in [6.45, 7) is 4.84. The molecular formula is C18H23NO. The van der Waals surface area contributed by atoms with Crippen LogP contribution in [0.15, 0.2) is 36.4 Å². The lowest BCUT2D eigenvalue weighted by Gasteiger charge is -2.14. The van der Waals surface area contributed by atoms with E-state index in [-0.39, 0.29) is 0 Å². The molecule has 3 rings (SSSR count). The van der Waals surface area contributed by atoms with E-state index in [1.165, 1.54) is 35.6 Å². The summed E-state index contributed by atoms with van der Waals surface area (Å²) in [7, 11) is 0. The summed E-state index contributed by atoms with van der Waals surface area (Å²) in [6.07, 6.45) is 3.99. The van der Waals surface area contributed by atoms with E-state index in [1.54, 1.807) is 0 Å². The fraction of sp³-hybridized carbons (Fsp3) is 0.444. The molecule has 1 fully saturated rings. The Bertz CT molecular complexity index is 575. The maximum atomic E-state index is 6.05. The summed E-state index contributed by atoms with van der Waals surface area (Å²) in [5, 5.41) is 6.02. The molecule has 0 radical (unpaired) electrons. The maximum Gasteiger partial charge on any atom is 0.124 e. The molecule has 0 aromatic heterocycles. The lowest BCUT2D eigenvalue weighted by Crippen LogP contribution is -2.13. The van der Waals surface area contributed by atoms with Crippen molar-refractivity contribution in [2.45, 2.75) is 32.7 Å². The summed E-state index contributed by atoms with van der Waals surface area (Å²) in [4.78, 5) is 0. The van der Waals surface area contributed by atoms with Crippen molar-refractivity contribution in [3.63, 3.8) is 0 Å². The zero-order valence-corrected chi connectivity index (χ0v) is 12.2. The first-order valence-corrected chi connectivity index (χ1v) is 7.72. The van der Waals surface area contributed by atoms with Crippen molar-refractivity contribution < 1.29 is 4.74 Å². The Kier molecular flexibility index (Phi) is 4.22. The minimum absolute atomic E-state index is 0.849. The first kappa shape index (κ1) is 13.4. The second-order valence-corrected chi connectivity index (χ2v) is 5.62. The van der Waals surface area contributed by atoms with Gasteiger partial charge in [-0.05, 0) is 35.7 Å². The van der Waals surface area contributed by atoms with Gasteiger partial charge in [-0.2, -0.15) is 0 Å². The number of hydrogen-bond acceptors (Lipinski definition) is 2. The van der Waals surface area contributed by atoms with Crippen molar-refractivity contribution in [1.82, 2.24) is 5.32 Å². The monoisotopic (exact) mass is 269 g/mol. The van der Waals surface area contributed by atoms with E-state index in [0.29, 0.717) is 0 Å². The molecule has 106 valence electrons. The van der Waals surface area contributed by atoms with Gasteiger partial charge in [0, 0.05) is 12.1 Å². The third-order valence-corrected chi connectivity index (χ3v) is 4.03. The van der Waals surface area contributed by atoms with Crippen molar-refractivity contribution in [3.8, 4) is 5.75 Å². The number of rotatable bonds is 7. The van der Waals surface area contributed by atoms with Crippen LogP contribution in [0.4, 0.5) is 0 Å². The average Bonchev–Trinajstić information content (AvgIpc) is 3.30. The highest BCUT2D eigenvalue weighted by molar-refractivity contribution is 5.87. The third-order valence-electron chi connectivity index (χ3n) is 4.03. The van der Waals surface area contributed by atoms with Gasteiger partial charge >= 0.3 is 0 Å². The maximum absolute atomic E-state index is 6.05. The standard InChI is InChI=1S/C18H23NO/c1-2-19-13-17-16-6-4-3-5-15(16)9-10-18(17)20-12-11-14-7-8-14/h3-6,9-10,14,19H,2,7-8,11-13H2,1H3. The SMILES string of the molecule is CCNCc1c(OCCC2CC2)ccc2ccccc12. The average molecular weight is 269 g/mol. The van der Waals surface area contributed by atoms with Crippen LogP contribution in [0.3, 0.4) is 0 Å². The normalized spacial score (nSPS) is 14.7. The lowest BCUT2D eigenvalue weighted by molar-refractivity contribution is 0.299. The van der Waals surface area contributed by atoms with Gasteiger partial charge < -0.3 is 10.1 Å². The summed E-state index contributed by atoms with van der Waals surface area (Å²) >= 11 is 0. The van der Waals surface area contributed by atoms with Gasteiger partial charge in [0.1, 0.15) is 5.75 Å². The predicted molar refractivity (Wildman–Crippen MR) is 84.2 cm³/mol. The Morgan fingerprint density at radius 2 is 2.00 bits per heavy atom. The van der Waals surface area contributed by atoms with Crippen LogP contribution in [-0.4, -0.2) is 13.2 Å². The molecule has 0 atom stereocenters. The third kappa shape index (κ3) is 3.13. The number of hydrogen-bond donors (Lipinski definition) is 1. The number of ether oxygens (including phenoxy) is 1. The van der Waals surface area contributed by atoms with Crippen LogP contribution < -0.4 is 10.1 Å². The Hall–Kier alpha value is -1.54. The molecule has 1 N–H and O–H groups in total. The molecule has 1 aliphatic rings. The first-order valence-electron chi connectivity index (χ1n) is 7.72. The van der Waals surface area contributed by atoms with E-state index in [2.05, 4.69) is 48.6 Å². The second-order valence-electron chi connectivity index (χ2n) is 5.62. The van der Waals surface area contributed by atoms with E-state index in [4.69, 9.17) is 4.74 Å². The second kappa shape index (κ2) is 6.27. The molecule has 2 heteroatoms. The van der Waals surface area contributed by atoms with Crippen molar-refractivity contribution >= 4 is 10.8 Å². The quantitative estimate of drug-likeness (QED) is 0.816. The first-order chi connectivity index (χ1) is 9.88. The van der Waals surface area contributed by atoms with Crippen molar-refractivity contribution in [2.75, 3.05) is 13.2 Å². The van der Waals surface area contributed by atoms with Crippen LogP contribution in [0, 0.1) is 5.92 Å². The zero-order chi connectivity index (χ0) is 13.8. The molecule has 0 bridgehead atoms. The van der Waals surface area contributed by atoms with Crippen LogP contribution >= 0.6 is 0 Å². The summed E-state index contributed by atoms with van der Waals surface area (Å²) < 4.78 is 6.05. The molecule has 2 aromatic rings. The minimum atomic E-state index is 0.849. The van der Waals surface area contributed by atoms with E-state index in [1.807, 2.05) is 0 Å². The van der Waals surface area contributed by atoms with Gasteiger partial charge in [0.15, 0.2) is 0 Å². The fourth-order valence-electron chi connectivity index (χ4n) is 2.63. The molecule has 20 heavy (non-hydrogen) atoms. The zero-order valence-electron chi connectivity index (χ0n) is 12.2. The van der Waals surface area contributed by atoms with Crippen LogP contribution in [0.2, 0.25) is 0 Å². The van der Waals surface area contributed by atoms with Crippen LogP contribution in [-0.2, 0) is 6.54 Å². The van der Waals surface area contributed by atoms with E-state index < -0.39 is 0 Å². The van der Waals surface area contributed by atoms with Gasteiger partial charge in [0.25, 0.3) is 0 Å². The van der Waals surface area contributed by atoms with Gasteiger partial charge in [-0.25, -0.2) is 0 Å². The van der Waals surface area contributed by atoms with Crippen molar-refractivity contribution in [1.29, 1.82) is 0 Å². The Morgan fingerprint density at radius 1 is 1.15 bits per heavy atom. The molecule has 0 heterocycles. The van der Waals surface area contributed by atoms with Crippen molar-refractivity contribution in [2.24, 2.45) is 5.92 Å². The van der Waals surface area contributed by atoms with Crippen molar-refractivity contribution in [3.05, 3.63) is 42.0 Å². The van der Waals surface area contributed by atoms with Gasteiger partial charge in [-0.3, -0.25) is 0 Å². The smallest absolute Gasteiger partial charge is 0.124 e. The molecule has 2 aromatic carbocycles. The van der Waals surface area contributed by atoms with Gasteiger partial charge in [-0.15, -0.1) is 0 Å². The molecule has 0 aliphatic heterocycles. The van der Waals surface area contributed by atoms with Crippen LogP contribution in [0.5, 0.6) is 5.75 Å². The van der Waals surface area contributed by atoms with Gasteiger partial charge in [0.05, 0.1) is 6.61 Å². The van der Waals surface area contributed by atoms with E-state index in [0.717, 1.165) is 31.4 Å². The topological polar surface area (TPSA) is 21.3 Å². The molecule has 1 saturated carbocycles. The summed E-state index contributed by atoms with van der Waals surface area (Å²) in [6, 6.07) is 12.8. The molecule has 1 aliphatic carbocycles. The molecular weight excluding hydrogens is 246 g/mol. The van der Waals surface area contributed by atoms with Gasteiger partial charge in [0.2, 0.25) is 0 Å². The Balaban J connectivity index is 1.83. The highest BCUT2D eigenvalue weighted by Crippen LogP contribution is 2.33. The number of benzene rings is 2. The molecule has 0 amide bonds. The molecule has 0 spiro atoms. The highest BCUT2D eigenvalue weighted by atomic mass is 16.5. The minimum Gasteiger partial charge on any atom is -0.493 e. The summed E-state index contributed by atoms with van der Waals surface area (Å²) in [5.41, 5.74) is 1.29. The Labute approximate surface area is 121 Å². The molecule has 0 saturated heterocycles. The predicted octanol–water partition coefficient (Wildman–Crippen LogP) is 4.13. The lowest BCUT2D eigenvalue weighted by atomic mass is 10.0. The van der Waals surface area contributed by atoms with Crippen LogP contribution in [0.25, 0.3) is 10.8 Å². The fourth-order valence-corrected chi connectivity index (χ4v) is 2.63. The van der Waals surface area contributed by atoms with Gasteiger partial charge in [-0.1, -0.05) is 50.1 Å². The number of nitrogens with one attached hydrogen (secondary N) is 1. The highest BCUT2D eigenvalue weighted by Gasteiger charge is 2.21. The Morgan fingerprint density at radius 3 is 2.80 bits per heavy atom. The van der Waals surface area contributed by atoms with E-state index >= 15 is 0 Å². The summed E-state index contributed by atoms with van der Waals surface area (Å²) in [5.74, 6) is 1.97. The van der Waals surface area contributed by atoms with E-state index in [9.17, 15) is 0 Å². The molecule has 2 nitrogen and oxygen atoms in total.